The Bertz CT molecular complexity index is 17.1. The summed E-state index contributed by atoms with van der Waals surface area (Å²) in [4.78, 5) is 0. The number of thiocarbonyl (C=S) groups is 1. The molecule has 1 nitrogen and oxygen atoms in total. The second kappa shape index (κ2) is 17.3. The van der Waals surface area contributed by atoms with Gasteiger partial charge in [-0.05, 0) is 0 Å². The van der Waals surface area contributed by atoms with Crippen molar-refractivity contribution in [1.82, 2.24) is 0 Å². The average molecular weight is 115 g/mol. The van der Waals surface area contributed by atoms with Gasteiger partial charge in [0.15, 0.2) is 0 Å². The van der Waals surface area contributed by atoms with Crippen molar-refractivity contribution in [1.29, 1.82) is 0 Å². The maximum atomic E-state index is 4.14. The third kappa shape index (κ3) is 27.2. The fourth-order valence-electron chi connectivity index (χ4n) is 0. The van der Waals surface area contributed by atoms with E-state index in [4.69, 9.17) is 0 Å². The van der Waals surface area contributed by atoms with Gasteiger partial charge in [-0.25, -0.2) is 0 Å². The molecule has 1 N–H and O–H groups in total. The third-order valence-corrected chi connectivity index (χ3v) is 0. The Morgan fingerprint density at radius 2 is 1.60 bits per heavy atom. The Hall–Kier alpha value is 1.69. The van der Waals surface area contributed by atoms with Crippen LogP contribution in [0.25, 0.3) is 0 Å². The maximum absolute atomic E-state index is 4.14. The Balaban J connectivity index is -0.0000000200. The molecular formula is C2H4KOS-. The van der Waals surface area contributed by atoms with Gasteiger partial charge >= 0.3 is 51.4 Å². The van der Waals surface area contributed by atoms with E-state index in [1.54, 1.807) is 6.92 Å². The van der Waals surface area contributed by atoms with E-state index in [-0.39, 0.29) is 56.9 Å². The van der Waals surface area contributed by atoms with Gasteiger partial charge in [-0.1, -0.05) is 0 Å². The van der Waals surface area contributed by atoms with Gasteiger partial charge in [0.2, 0.25) is 0 Å². The fourth-order valence-corrected chi connectivity index (χ4v) is 0. The van der Waals surface area contributed by atoms with Gasteiger partial charge in [-0.15, -0.1) is 0 Å². The first kappa shape index (κ1) is 15.9. The van der Waals surface area contributed by atoms with Crippen molar-refractivity contribution in [2.24, 2.45) is 0 Å². The largest absolute Gasteiger partial charge is 1.00 e. The van der Waals surface area contributed by atoms with E-state index in [1.807, 2.05) is 0 Å². The van der Waals surface area contributed by atoms with Crippen molar-refractivity contribution in [3.05, 3.63) is 0 Å². The summed E-state index contributed by atoms with van der Waals surface area (Å²) in [6.45, 7) is 1.69. The number of rotatable bonds is 0. The Morgan fingerprint density at radius 1 is 1.60 bits per heavy atom. The molecule has 0 unspecified atom stereocenters. The predicted molar refractivity (Wildman–Crippen MR) is 20.2 cm³/mol. The molecule has 0 heterocycles. The molecule has 5 heavy (non-hydrogen) atoms. The second-order valence-corrected chi connectivity index (χ2v) is 0.612. The topological polar surface area (TPSA) is 30.0 Å². The zero-order valence-corrected chi connectivity index (χ0v) is 7.30. The zero-order valence-electron chi connectivity index (χ0n) is 3.36. The molecule has 3 heteroatoms. The molecule has 0 atom stereocenters. The fraction of sp³-hybridized carbons (Fsp3) is 0.500. The minimum atomic E-state index is 0. The smallest absolute Gasteiger partial charge is 0.870 e. The van der Waals surface area contributed by atoms with Crippen LogP contribution in [0.3, 0.4) is 0 Å². The molecule has 0 bridgehead atoms. The standard InChI is InChI=1S/C2H3S.K.H2O/c1-2-3;;/h1H3;;1H2/q-1;+1;/p-1. The van der Waals surface area contributed by atoms with Crippen molar-refractivity contribution in [3.63, 3.8) is 0 Å². The van der Waals surface area contributed by atoms with Crippen molar-refractivity contribution in [2.75, 3.05) is 0 Å². The van der Waals surface area contributed by atoms with Crippen LogP contribution in [0.2, 0.25) is 0 Å². The van der Waals surface area contributed by atoms with Crippen LogP contribution in [0.1, 0.15) is 6.92 Å². The van der Waals surface area contributed by atoms with Gasteiger partial charge in [0, 0.05) is 0 Å². The van der Waals surface area contributed by atoms with E-state index in [0.717, 1.165) is 0 Å². The molecule has 0 saturated carbocycles. The summed E-state index contributed by atoms with van der Waals surface area (Å²) < 4.78 is 0. The molecule has 0 aliphatic heterocycles. The Morgan fingerprint density at radius 3 is 1.60 bits per heavy atom. The molecule has 0 aromatic rings. The minimum absolute atomic E-state index is 0. The van der Waals surface area contributed by atoms with Crippen molar-refractivity contribution < 1.29 is 56.9 Å². The van der Waals surface area contributed by atoms with Gasteiger partial charge in [-0.2, -0.15) is 6.92 Å². The second-order valence-electron chi connectivity index (χ2n) is 0.204. The van der Waals surface area contributed by atoms with Crippen LogP contribution in [0.5, 0.6) is 0 Å². The normalized spacial score (nSPS) is 2.60. The van der Waals surface area contributed by atoms with E-state index in [2.05, 4.69) is 17.6 Å². The van der Waals surface area contributed by atoms with Crippen molar-refractivity contribution >= 4 is 17.6 Å². The molecule has 0 spiro atoms. The Kier molecular flexibility index (Phi) is 55.1. The van der Waals surface area contributed by atoms with Gasteiger partial charge < -0.3 is 23.1 Å². The van der Waals surface area contributed by atoms with Gasteiger partial charge in [0.1, 0.15) is 0 Å². The SMILES string of the molecule is C[C-]=S.[K+].[OH-]. The summed E-state index contributed by atoms with van der Waals surface area (Å²) in [5.74, 6) is 0. The van der Waals surface area contributed by atoms with Crippen LogP contribution >= 0.6 is 12.2 Å². The summed E-state index contributed by atoms with van der Waals surface area (Å²) in [7, 11) is 0. The molecule has 0 aliphatic carbocycles. The van der Waals surface area contributed by atoms with Crippen LogP contribution in [-0.2, 0) is 0 Å². The van der Waals surface area contributed by atoms with Crippen LogP contribution in [0.4, 0.5) is 0 Å². The molecular weight excluding hydrogens is 111 g/mol. The molecule has 0 aromatic carbocycles. The molecule has 0 aromatic heterocycles. The summed E-state index contributed by atoms with van der Waals surface area (Å²) >= 11 is 4.14. The van der Waals surface area contributed by atoms with E-state index in [1.165, 1.54) is 0 Å². The number of hydrogen-bond acceptors (Lipinski definition) is 2. The van der Waals surface area contributed by atoms with Gasteiger partial charge in [0.05, 0.1) is 0 Å². The van der Waals surface area contributed by atoms with E-state index >= 15 is 0 Å². The van der Waals surface area contributed by atoms with Crippen molar-refractivity contribution in [2.45, 2.75) is 6.92 Å². The molecule has 0 rings (SSSR count). The third-order valence-electron chi connectivity index (χ3n) is 0. The average Bonchev–Trinajstić information content (AvgIpc) is 0.918. The summed E-state index contributed by atoms with van der Waals surface area (Å²) in [6, 6.07) is 0. The zero-order chi connectivity index (χ0) is 2.71. The summed E-state index contributed by atoms with van der Waals surface area (Å²) in [6.07, 6.45) is 0. The minimum Gasteiger partial charge on any atom is -0.870 e. The summed E-state index contributed by atoms with van der Waals surface area (Å²) in [5, 5.41) is 2.33. The summed E-state index contributed by atoms with van der Waals surface area (Å²) in [5.41, 5.74) is 0. The number of hydrogen-bond donors (Lipinski definition) is 0. The Labute approximate surface area is 79.9 Å². The monoisotopic (exact) mass is 115 g/mol. The van der Waals surface area contributed by atoms with Gasteiger partial charge in [0.25, 0.3) is 0 Å². The van der Waals surface area contributed by atoms with Crippen LogP contribution < -0.4 is 51.4 Å². The maximum Gasteiger partial charge on any atom is 1.00 e. The predicted octanol–water partition coefficient (Wildman–Crippen LogP) is -2.29. The van der Waals surface area contributed by atoms with Crippen LogP contribution in [0.15, 0.2) is 0 Å². The van der Waals surface area contributed by atoms with Crippen LogP contribution in [-0.4, -0.2) is 10.8 Å². The van der Waals surface area contributed by atoms with E-state index in [0.29, 0.717) is 0 Å². The van der Waals surface area contributed by atoms with E-state index < -0.39 is 0 Å². The molecule has 0 fully saturated rings. The molecule has 0 radical (unpaired) electrons. The molecule has 0 aliphatic rings. The molecule has 0 saturated heterocycles. The van der Waals surface area contributed by atoms with Gasteiger partial charge in [-0.3, -0.25) is 0 Å². The van der Waals surface area contributed by atoms with Crippen LogP contribution in [0, 0.1) is 0 Å². The first-order chi connectivity index (χ1) is 1.41. The molecule has 26 valence electrons. The quantitative estimate of drug-likeness (QED) is 0.202. The molecule has 0 amide bonds. The van der Waals surface area contributed by atoms with Crippen molar-refractivity contribution in [3.8, 4) is 0 Å². The first-order valence-electron chi connectivity index (χ1n) is 0.704. The first-order valence-corrected chi connectivity index (χ1v) is 1.11. The van der Waals surface area contributed by atoms with E-state index in [9.17, 15) is 0 Å².